The van der Waals surface area contributed by atoms with Crippen LogP contribution in [0.5, 0.6) is 0 Å². The number of carbonyl (C=O) groups excluding carboxylic acids is 1. The molecule has 6 nitrogen and oxygen atoms in total. The highest BCUT2D eigenvalue weighted by molar-refractivity contribution is 7.90. The molecule has 0 bridgehead atoms. The quantitative estimate of drug-likeness (QED) is 0.911. The number of carbonyl (C=O) groups is 1. The normalized spacial score (nSPS) is 22.2. The van der Waals surface area contributed by atoms with Gasteiger partial charge in [-0.2, -0.15) is 5.10 Å². The van der Waals surface area contributed by atoms with Crippen LogP contribution >= 0.6 is 0 Å². The first-order valence-corrected chi connectivity index (χ1v) is 9.59. The highest BCUT2D eigenvalue weighted by atomic mass is 32.2. The summed E-state index contributed by atoms with van der Waals surface area (Å²) >= 11 is 0. The lowest BCUT2D eigenvalue weighted by molar-refractivity contribution is -0.120. The molecule has 1 aromatic heterocycles. The first-order chi connectivity index (χ1) is 11.4. The van der Waals surface area contributed by atoms with Crippen LogP contribution in [0.15, 0.2) is 35.5 Å². The van der Waals surface area contributed by atoms with Gasteiger partial charge in [0, 0.05) is 19.2 Å². The van der Waals surface area contributed by atoms with Gasteiger partial charge in [0.1, 0.15) is 0 Å². The molecule has 2 atom stereocenters. The van der Waals surface area contributed by atoms with Crippen LogP contribution in [0, 0.1) is 5.92 Å². The molecule has 0 saturated heterocycles. The van der Waals surface area contributed by atoms with Gasteiger partial charge in [0.15, 0.2) is 0 Å². The second-order valence-electron chi connectivity index (χ2n) is 6.65. The fourth-order valence-corrected chi connectivity index (χ4v) is 4.55. The molecule has 1 amide bonds. The van der Waals surface area contributed by atoms with E-state index in [1.165, 1.54) is 5.56 Å². The molecule has 24 heavy (non-hydrogen) atoms. The molecule has 2 unspecified atom stereocenters. The Labute approximate surface area is 140 Å². The molecule has 2 aliphatic rings. The van der Waals surface area contributed by atoms with E-state index in [9.17, 15) is 13.2 Å². The number of fused-ring (bicyclic) bond motifs is 1. The van der Waals surface area contributed by atoms with Crippen molar-refractivity contribution in [3.05, 3.63) is 47.3 Å². The number of hydrogen-bond donors (Lipinski definition) is 1. The van der Waals surface area contributed by atoms with E-state index in [1.807, 2.05) is 19.3 Å². The molecule has 1 N–H and O–H groups in total. The van der Waals surface area contributed by atoms with E-state index >= 15 is 0 Å². The van der Waals surface area contributed by atoms with E-state index < -0.39 is 15.9 Å². The third kappa shape index (κ3) is 2.73. The van der Waals surface area contributed by atoms with Crippen LogP contribution in [0.2, 0.25) is 0 Å². The molecule has 1 aromatic carbocycles. The molecule has 2 aromatic rings. The number of hydrogen-bond acceptors (Lipinski definition) is 4. The average Bonchev–Trinajstić information content (AvgIpc) is 2.99. The van der Waals surface area contributed by atoms with Crippen molar-refractivity contribution in [1.82, 2.24) is 14.5 Å². The second-order valence-corrected chi connectivity index (χ2v) is 8.33. The molecule has 0 radical (unpaired) electrons. The van der Waals surface area contributed by atoms with Gasteiger partial charge in [-0.15, -0.1) is 0 Å². The van der Waals surface area contributed by atoms with Crippen molar-refractivity contribution in [2.75, 3.05) is 0 Å². The van der Waals surface area contributed by atoms with Crippen LogP contribution in [-0.2, 0) is 34.7 Å². The van der Waals surface area contributed by atoms with Gasteiger partial charge in [-0.3, -0.25) is 9.48 Å². The van der Waals surface area contributed by atoms with E-state index in [-0.39, 0.29) is 16.7 Å². The highest BCUT2D eigenvalue weighted by Gasteiger charge is 2.45. The van der Waals surface area contributed by atoms with Crippen molar-refractivity contribution in [3.8, 4) is 0 Å². The molecule has 7 heteroatoms. The van der Waals surface area contributed by atoms with Gasteiger partial charge in [0.2, 0.25) is 5.91 Å². The summed E-state index contributed by atoms with van der Waals surface area (Å²) in [6.07, 6.45) is 7.21. The minimum Gasteiger partial charge on any atom is -0.276 e. The monoisotopic (exact) mass is 345 g/mol. The number of benzene rings is 1. The topological polar surface area (TPSA) is 81.1 Å². The molecule has 1 heterocycles. The van der Waals surface area contributed by atoms with Crippen molar-refractivity contribution < 1.29 is 13.2 Å². The number of nitrogens with one attached hydrogen (secondary N) is 1. The number of amides is 1. The summed E-state index contributed by atoms with van der Waals surface area (Å²) in [5, 5.41) is 4.09. The van der Waals surface area contributed by atoms with Crippen molar-refractivity contribution in [2.24, 2.45) is 13.0 Å². The third-order valence-corrected chi connectivity index (χ3v) is 6.24. The standard InChI is InChI=1S/C17H19N3O3S/c1-20-10-13(9-18-20)15-8-16(15)17(21)19-24(22,23)14-6-5-11-3-2-4-12(11)7-14/h5-7,9-10,15-16H,2-4,8H2,1H3,(H,19,21). The summed E-state index contributed by atoms with van der Waals surface area (Å²) in [6.45, 7) is 0. The molecule has 1 saturated carbocycles. The zero-order chi connectivity index (χ0) is 16.9. The maximum atomic E-state index is 12.5. The number of sulfonamides is 1. The van der Waals surface area contributed by atoms with E-state index in [1.54, 1.807) is 23.0 Å². The average molecular weight is 345 g/mol. The Bertz CT molecular complexity index is 917. The Morgan fingerprint density at radius 3 is 2.83 bits per heavy atom. The summed E-state index contributed by atoms with van der Waals surface area (Å²) < 4.78 is 28.9. The van der Waals surface area contributed by atoms with E-state index in [0.717, 1.165) is 30.4 Å². The molecule has 0 aliphatic heterocycles. The molecular weight excluding hydrogens is 326 g/mol. The fraction of sp³-hybridized carbons (Fsp3) is 0.412. The van der Waals surface area contributed by atoms with Crippen molar-refractivity contribution in [1.29, 1.82) is 0 Å². The Kier molecular flexibility index (Phi) is 3.49. The summed E-state index contributed by atoms with van der Waals surface area (Å²) in [4.78, 5) is 12.5. The summed E-state index contributed by atoms with van der Waals surface area (Å²) in [5.41, 5.74) is 3.26. The van der Waals surface area contributed by atoms with Crippen LogP contribution in [0.25, 0.3) is 0 Å². The molecule has 2 aliphatic carbocycles. The van der Waals surface area contributed by atoms with Crippen LogP contribution < -0.4 is 4.72 Å². The van der Waals surface area contributed by atoms with E-state index in [2.05, 4.69) is 9.82 Å². The second kappa shape index (κ2) is 5.44. The van der Waals surface area contributed by atoms with Crippen LogP contribution in [0.1, 0.15) is 35.4 Å². The minimum absolute atomic E-state index is 0.0638. The van der Waals surface area contributed by atoms with Crippen molar-refractivity contribution in [2.45, 2.75) is 36.5 Å². The van der Waals surface area contributed by atoms with Crippen LogP contribution in [0.4, 0.5) is 0 Å². The zero-order valence-corrected chi connectivity index (χ0v) is 14.2. The Hall–Kier alpha value is -2.15. The predicted molar refractivity (Wildman–Crippen MR) is 87.9 cm³/mol. The van der Waals surface area contributed by atoms with Crippen molar-refractivity contribution >= 4 is 15.9 Å². The summed E-state index contributed by atoms with van der Waals surface area (Å²) in [5.74, 6) is -0.656. The van der Waals surface area contributed by atoms with Gasteiger partial charge in [-0.25, -0.2) is 13.1 Å². The number of nitrogens with zero attached hydrogens (tertiary/aromatic N) is 2. The largest absolute Gasteiger partial charge is 0.276 e. The number of aryl methyl sites for hydroxylation is 3. The number of aromatic nitrogens is 2. The molecule has 0 spiro atoms. The first-order valence-electron chi connectivity index (χ1n) is 8.11. The van der Waals surface area contributed by atoms with Gasteiger partial charge in [0.25, 0.3) is 10.0 Å². The number of rotatable bonds is 4. The smallest absolute Gasteiger partial charge is 0.264 e. The molecule has 4 rings (SSSR count). The Balaban J connectivity index is 1.47. The van der Waals surface area contributed by atoms with Crippen molar-refractivity contribution in [3.63, 3.8) is 0 Å². The minimum atomic E-state index is -3.81. The SMILES string of the molecule is Cn1cc(C2CC2C(=O)NS(=O)(=O)c2ccc3c(c2)CCC3)cn1. The lowest BCUT2D eigenvalue weighted by Gasteiger charge is -2.08. The maximum absolute atomic E-state index is 12.5. The lowest BCUT2D eigenvalue weighted by Crippen LogP contribution is -2.32. The predicted octanol–water partition coefficient (Wildman–Crippen LogP) is 1.52. The van der Waals surface area contributed by atoms with Gasteiger partial charge < -0.3 is 0 Å². The lowest BCUT2D eigenvalue weighted by atomic mass is 10.1. The van der Waals surface area contributed by atoms with Gasteiger partial charge in [-0.05, 0) is 60.4 Å². The van der Waals surface area contributed by atoms with Crippen LogP contribution in [-0.4, -0.2) is 24.1 Å². The summed E-state index contributed by atoms with van der Waals surface area (Å²) in [7, 11) is -1.99. The van der Waals surface area contributed by atoms with Gasteiger partial charge in [0.05, 0.1) is 11.1 Å². The van der Waals surface area contributed by atoms with Gasteiger partial charge >= 0.3 is 0 Å². The first kappa shape index (κ1) is 15.4. The van der Waals surface area contributed by atoms with E-state index in [0.29, 0.717) is 6.42 Å². The third-order valence-electron chi connectivity index (χ3n) is 4.90. The highest BCUT2D eigenvalue weighted by Crippen LogP contribution is 2.47. The Morgan fingerprint density at radius 2 is 2.08 bits per heavy atom. The fourth-order valence-electron chi connectivity index (χ4n) is 3.47. The summed E-state index contributed by atoms with van der Waals surface area (Å²) in [6, 6.07) is 5.14. The molecule has 126 valence electrons. The molecular formula is C17H19N3O3S. The van der Waals surface area contributed by atoms with E-state index in [4.69, 9.17) is 0 Å². The Morgan fingerprint density at radius 1 is 1.29 bits per heavy atom. The van der Waals surface area contributed by atoms with Gasteiger partial charge in [-0.1, -0.05) is 6.07 Å². The van der Waals surface area contributed by atoms with Crippen LogP contribution in [0.3, 0.4) is 0 Å². The molecule has 1 fully saturated rings. The maximum Gasteiger partial charge on any atom is 0.264 e. The zero-order valence-electron chi connectivity index (χ0n) is 13.4.